The Morgan fingerprint density at radius 1 is 0.647 bits per heavy atom. The Kier molecular flexibility index (Phi) is 7.16. The lowest BCUT2D eigenvalue weighted by Crippen LogP contribution is -1.92. The quantitative estimate of drug-likeness (QED) is 0.223. The average molecular weight is 451 g/mol. The summed E-state index contributed by atoms with van der Waals surface area (Å²) in [6.45, 7) is 2.00. The molecule has 4 aromatic rings. The van der Waals surface area contributed by atoms with Crippen molar-refractivity contribution in [3.63, 3.8) is 0 Å². The Morgan fingerprint density at radius 2 is 1.26 bits per heavy atom. The van der Waals surface area contributed by atoms with Crippen LogP contribution in [0.25, 0.3) is 10.8 Å². The summed E-state index contributed by atoms with van der Waals surface area (Å²) in [6, 6.07) is 19.8. The highest BCUT2D eigenvalue weighted by molar-refractivity contribution is 5.84. The highest BCUT2D eigenvalue weighted by Gasteiger charge is 2.08. The molecule has 0 unspecified atom stereocenters. The van der Waals surface area contributed by atoms with Crippen molar-refractivity contribution in [2.45, 2.75) is 19.8 Å². The van der Waals surface area contributed by atoms with Crippen molar-refractivity contribution in [3.05, 3.63) is 130 Å². The lowest BCUT2D eigenvalue weighted by Gasteiger charge is -2.00. The normalized spacial score (nSPS) is 10.6. The zero-order valence-electron chi connectivity index (χ0n) is 18.6. The van der Waals surface area contributed by atoms with E-state index in [1.165, 1.54) is 29.8 Å². The summed E-state index contributed by atoms with van der Waals surface area (Å²) in [5, 5.41) is 1.53. The van der Waals surface area contributed by atoms with E-state index in [0.29, 0.717) is 5.56 Å². The van der Waals surface area contributed by atoms with Crippen LogP contribution in [0.15, 0.2) is 84.9 Å². The average Bonchev–Trinajstić information content (AvgIpc) is 2.83. The molecule has 0 amide bonds. The van der Waals surface area contributed by atoms with Crippen molar-refractivity contribution in [2.24, 2.45) is 0 Å². The molecule has 0 aliphatic heterocycles. The predicted octanol–water partition coefficient (Wildman–Crippen LogP) is 7.57. The van der Waals surface area contributed by atoms with Crippen molar-refractivity contribution < 1.29 is 13.2 Å². The smallest absolute Gasteiger partial charge is 0.143 e. The number of allylic oxidation sites excluding steroid dienone is 2. The summed E-state index contributed by atoms with van der Waals surface area (Å²) in [6.07, 6.45) is 6.08. The van der Waals surface area contributed by atoms with Gasteiger partial charge in [-0.3, -0.25) is 0 Å². The second-order valence-corrected chi connectivity index (χ2v) is 7.83. The van der Waals surface area contributed by atoms with Gasteiger partial charge in [-0.1, -0.05) is 60.1 Å². The Labute approximate surface area is 197 Å². The van der Waals surface area contributed by atoms with E-state index in [-0.39, 0.29) is 16.9 Å². The van der Waals surface area contributed by atoms with E-state index in [0.717, 1.165) is 29.2 Å². The van der Waals surface area contributed by atoms with Gasteiger partial charge in [0.05, 0.1) is 5.56 Å². The van der Waals surface area contributed by atoms with Crippen LogP contribution in [0.1, 0.15) is 41.2 Å². The molecule has 0 bridgehead atoms. The van der Waals surface area contributed by atoms with E-state index >= 15 is 0 Å². The second kappa shape index (κ2) is 10.6. The Balaban J connectivity index is 1.52. The summed E-state index contributed by atoms with van der Waals surface area (Å²) in [4.78, 5) is 0. The van der Waals surface area contributed by atoms with Gasteiger partial charge in [0.1, 0.15) is 17.5 Å². The first-order chi connectivity index (χ1) is 16.5. The first-order valence-corrected chi connectivity index (χ1v) is 10.9. The minimum Gasteiger partial charge on any atom is -0.207 e. The summed E-state index contributed by atoms with van der Waals surface area (Å²) in [5.41, 5.74) is 2.49. The van der Waals surface area contributed by atoms with Crippen LogP contribution >= 0.6 is 0 Å². The maximum absolute atomic E-state index is 14.6. The van der Waals surface area contributed by atoms with Crippen LogP contribution in [0.2, 0.25) is 0 Å². The monoisotopic (exact) mass is 450 g/mol. The zero-order valence-corrected chi connectivity index (χ0v) is 18.6. The summed E-state index contributed by atoms with van der Waals surface area (Å²) >= 11 is 0. The molecule has 0 aliphatic carbocycles. The first-order valence-electron chi connectivity index (χ1n) is 10.9. The number of benzene rings is 4. The van der Waals surface area contributed by atoms with E-state index in [2.05, 4.69) is 29.8 Å². The van der Waals surface area contributed by atoms with Crippen LogP contribution in [-0.4, -0.2) is 0 Å². The van der Waals surface area contributed by atoms with Crippen molar-refractivity contribution in [3.8, 4) is 23.7 Å². The Hall–Kier alpha value is -4.21. The maximum Gasteiger partial charge on any atom is 0.143 e. The molecule has 0 saturated carbocycles. The van der Waals surface area contributed by atoms with Crippen molar-refractivity contribution in [2.75, 3.05) is 0 Å². The molecule has 4 rings (SSSR count). The topological polar surface area (TPSA) is 0 Å². The molecule has 0 nitrogen and oxygen atoms in total. The van der Waals surface area contributed by atoms with Crippen LogP contribution < -0.4 is 0 Å². The SMILES string of the molecule is C/C=C/CCc1ccc(C#Cc2cc(F)c(C#Cc3ccc4cc(F)ccc4c3)c(F)c2)cc1. The van der Waals surface area contributed by atoms with E-state index in [4.69, 9.17) is 0 Å². The third-order valence-corrected chi connectivity index (χ3v) is 5.32. The molecular formula is C31H21F3. The molecule has 166 valence electrons. The minimum atomic E-state index is -0.765. The molecular weight excluding hydrogens is 429 g/mol. The van der Waals surface area contributed by atoms with Crippen LogP contribution in [0, 0.1) is 41.1 Å². The molecule has 0 heterocycles. The molecule has 0 fully saturated rings. The van der Waals surface area contributed by atoms with Crippen molar-refractivity contribution in [1.82, 2.24) is 0 Å². The van der Waals surface area contributed by atoms with E-state index in [9.17, 15) is 13.2 Å². The maximum atomic E-state index is 14.6. The van der Waals surface area contributed by atoms with E-state index in [1.54, 1.807) is 24.3 Å². The highest BCUT2D eigenvalue weighted by Crippen LogP contribution is 2.18. The zero-order chi connectivity index (χ0) is 23.9. The van der Waals surface area contributed by atoms with Gasteiger partial charge >= 0.3 is 0 Å². The van der Waals surface area contributed by atoms with Gasteiger partial charge in [-0.05, 0) is 84.6 Å². The van der Waals surface area contributed by atoms with E-state index in [1.807, 2.05) is 37.3 Å². The van der Waals surface area contributed by atoms with Crippen LogP contribution in [-0.2, 0) is 6.42 Å². The van der Waals surface area contributed by atoms with Crippen molar-refractivity contribution >= 4 is 10.8 Å². The number of aryl methyl sites for hydroxylation is 1. The van der Waals surface area contributed by atoms with Gasteiger partial charge in [0.15, 0.2) is 0 Å². The summed E-state index contributed by atoms with van der Waals surface area (Å²) < 4.78 is 42.5. The molecule has 0 aliphatic rings. The lowest BCUT2D eigenvalue weighted by atomic mass is 10.1. The molecule has 0 N–H and O–H groups in total. The van der Waals surface area contributed by atoms with Gasteiger partial charge in [-0.2, -0.15) is 0 Å². The minimum absolute atomic E-state index is 0.241. The van der Waals surface area contributed by atoms with Gasteiger partial charge in [-0.15, -0.1) is 0 Å². The van der Waals surface area contributed by atoms with E-state index < -0.39 is 11.6 Å². The lowest BCUT2D eigenvalue weighted by molar-refractivity contribution is 0.577. The van der Waals surface area contributed by atoms with Crippen LogP contribution in [0.5, 0.6) is 0 Å². The predicted molar refractivity (Wildman–Crippen MR) is 132 cm³/mol. The van der Waals surface area contributed by atoms with Gasteiger partial charge in [-0.25, -0.2) is 13.2 Å². The van der Waals surface area contributed by atoms with Gasteiger partial charge in [0, 0.05) is 16.7 Å². The van der Waals surface area contributed by atoms with Gasteiger partial charge < -0.3 is 0 Å². The molecule has 34 heavy (non-hydrogen) atoms. The molecule has 0 saturated heterocycles. The number of fused-ring (bicyclic) bond motifs is 1. The fourth-order valence-corrected chi connectivity index (χ4v) is 3.51. The number of halogens is 3. The second-order valence-electron chi connectivity index (χ2n) is 7.83. The van der Waals surface area contributed by atoms with Gasteiger partial charge in [0.2, 0.25) is 0 Å². The van der Waals surface area contributed by atoms with Crippen LogP contribution in [0.4, 0.5) is 13.2 Å². The fraction of sp³-hybridized carbons (Fsp3) is 0.0968. The Bertz CT molecular complexity index is 1460. The molecule has 0 aromatic heterocycles. The number of rotatable bonds is 3. The molecule has 0 spiro atoms. The molecule has 0 radical (unpaired) electrons. The highest BCUT2D eigenvalue weighted by atomic mass is 19.1. The molecule has 0 atom stereocenters. The fourth-order valence-electron chi connectivity index (χ4n) is 3.51. The largest absolute Gasteiger partial charge is 0.207 e. The third-order valence-electron chi connectivity index (χ3n) is 5.32. The Morgan fingerprint density at radius 3 is 2.00 bits per heavy atom. The summed E-state index contributed by atoms with van der Waals surface area (Å²) in [5.74, 6) is 9.28. The van der Waals surface area contributed by atoms with Gasteiger partial charge in [0.25, 0.3) is 0 Å². The standard InChI is InChI=1S/C31H21F3/c1-2-3-4-5-22-6-8-23(9-7-22)10-11-25-19-30(33)29(31(34)20-25)17-13-24-12-14-27-21-28(32)16-15-26(27)18-24/h2-3,6-9,12,14-16,18-21H,4-5H2,1H3/b3-2+. The molecule has 3 heteroatoms. The van der Waals surface area contributed by atoms with Crippen LogP contribution in [0.3, 0.4) is 0 Å². The summed E-state index contributed by atoms with van der Waals surface area (Å²) in [7, 11) is 0. The molecule has 4 aromatic carbocycles. The van der Waals surface area contributed by atoms with Crippen molar-refractivity contribution in [1.29, 1.82) is 0 Å². The third kappa shape index (κ3) is 5.77. The first kappa shape index (κ1) is 23.0. The number of hydrogen-bond donors (Lipinski definition) is 0. The number of hydrogen-bond acceptors (Lipinski definition) is 0.